The predicted octanol–water partition coefficient (Wildman–Crippen LogP) is 2.34. The Balaban J connectivity index is 2.06. The molecule has 2 aliphatic rings. The van der Waals surface area contributed by atoms with Crippen LogP contribution in [0.15, 0.2) is 12.1 Å². The zero-order valence-electron chi connectivity index (χ0n) is 8.21. The lowest BCUT2D eigenvalue weighted by atomic mass is 10.0. The van der Waals surface area contributed by atoms with Crippen LogP contribution >= 0.6 is 0 Å². The van der Waals surface area contributed by atoms with E-state index < -0.39 is 0 Å². The van der Waals surface area contributed by atoms with E-state index in [0.29, 0.717) is 0 Å². The molecule has 0 aromatic heterocycles. The topological polar surface area (TPSA) is 18.5 Å². The molecule has 14 heavy (non-hydrogen) atoms. The molecule has 2 aliphatic heterocycles. The van der Waals surface area contributed by atoms with E-state index in [2.05, 4.69) is 12.1 Å². The van der Waals surface area contributed by atoms with Gasteiger partial charge in [-0.1, -0.05) is 0 Å². The molecular weight excluding hydrogens is 176 g/mol. The Kier molecular flexibility index (Phi) is 1.86. The summed E-state index contributed by atoms with van der Waals surface area (Å²) in [4.78, 5) is 0. The Bertz CT molecular complexity index is 325. The molecule has 0 fully saturated rings. The van der Waals surface area contributed by atoms with Gasteiger partial charge < -0.3 is 9.47 Å². The van der Waals surface area contributed by atoms with E-state index in [1.54, 1.807) is 0 Å². The first-order valence-corrected chi connectivity index (χ1v) is 5.35. The fourth-order valence-electron chi connectivity index (χ4n) is 2.19. The van der Waals surface area contributed by atoms with Crippen LogP contribution in [0.5, 0.6) is 11.5 Å². The molecule has 74 valence electrons. The second kappa shape index (κ2) is 3.19. The van der Waals surface area contributed by atoms with Crippen LogP contribution in [0.1, 0.15) is 24.0 Å². The van der Waals surface area contributed by atoms with Gasteiger partial charge in [0.2, 0.25) is 0 Å². The third-order valence-electron chi connectivity index (χ3n) is 2.97. The van der Waals surface area contributed by atoms with Gasteiger partial charge in [-0.2, -0.15) is 0 Å². The van der Waals surface area contributed by atoms with Crippen molar-refractivity contribution in [1.29, 1.82) is 0 Å². The van der Waals surface area contributed by atoms with Gasteiger partial charge in [-0.3, -0.25) is 0 Å². The van der Waals surface area contributed by atoms with Gasteiger partial charge in [-0.25, -0.2) is 0 Å². The summed E-state index contributed by atoms with van der Waals surface area (Å²) in [6, 6.07) is 4.34. The highest BCUT2D eigenvalue weighted by Gasteiger charge is 2.17. The molecule has 0 amide bonds. The number of ether oxygens (including phenoxy) is 2. The van der Waals surface area contributed by atoms with Crippen molar-refractivity contribution in [2.24, 2.45) is 0 Å². The van der Waals surface area contributed by atoms with Crippen LogP contribution in [0, 0.1) is 0 Å². The smallest absolute Gasteiger partial charge is 0.126 e. The summed E-state index contributed by atoms with van der Waals surface area (Å²) in [7, 11) is 0. The number of benzene rings is 1. The third kappa shape index (κ3) is 1.26. The predicted molar refractivity (Wildman–Crippen MR) is 54.1 cm³/mol. The minimum atomic E-state index is 0.832. The average molecular weight is 190 g/mol. The van der Waals surface area contributed by atoms with Crippen molar-refractivity contribution in [2.45, 2.75) is 25.7 Å². The number of hydrogen-bond donors (Lipinski definition) is 0. The lowest BCUT2D eigenvalue weighted by Gasteiger charge is -2.08. The van der Waals surface area contributed by atoms with Crippen molar-refractivity contribution in [3.8, 4) is 11.5 Å². The second-order valence-corrected chi connectivity index (χ2v) is 3.97. The quantitative estimate of drug-likeness (QED) is 0.625. The van der Waals surface area contributed by atoms with E-state index in [1.807, 2.05) is 0 Å². The highest BCUT2D eigenvalue weighted by atomic mass is 16.5. The molecular formula is C12H14O2. The Labute approximate surface area is 83.8 Å². The van der Waals surface area contributed by atoms with Crippen LogP contribution in [-0.2, 0) is 12.8 Å². The SMILES string of the molecule is c1c2c(cc3c1CCO3)OCCCC2. The molecule has 2 nitrogen and oxygen atoms in total. The molecule has 2 heterocycles. The standard InChI is InChI=1S/C12H14O2/c1-2-5-13-11-8-12-10(4-6-14-12)7-9(11)3-1/h7-8H,1-6H2. The molecule has 2 heteroatoms. The summed E-state index contributed by atoms with van der Waals surface area (Å²) in [5.74, 6) is 2.08. The van der Waals surface area contributed by atoms with E-state index in [1.165, 1.54) is 24.0 Å². The third-order valence-corrected chi connectivity index (χ3v) is 2.97. The lowest BCUT2D eigenvalue weighted by molar-refractivity contribution is 0.312. The van der Waals surface area contributed by atoms with Gasteiger partial charge in [0.25, 0.3) is 0 Å². The molecule has 0 unspecified atom stereocenters. The van der Waals surface area contributed by atoms with Crippen LogP contribution < -0.4 is 9.47 Å². The molecule has 0 saturated carbocycles. The van der Waals surface area contributed by atoms with Gasteiger partial charge in [0, 0.05) is 12.5 Å². The minimum Gasteiger partial charge on any atom is -0.493 e. The normalized spacial score (nSPS) is 18.9. The minimum absolute atomic E-state index is 0.832. The summed E-state index contributed by atoms with van der Waals surface area (Å²) in [6.45, 7) is 1.68. The van der Waals surface area contributed by atoms with Gasteiger partial charge in [-0.05, 0) is 36.5 Å². The molecule has 0 N–H and O–H groups in total. The monoisotopic (exact) mass is 190 g/mol. The lowest BCUT2D eigenvalue weighted by Crippen LogP contribution is -1.95. The van der Waals surface area contributed by atoms with Crippen molar-refractivity contribution in [2.75, 3.05) is 13.2 Å². The van der Waals surface area contributed by atoms with Gasteiger partial charge >= 0.3 is 0 Å². The van der Waals surface area contributed by atoms with Crippen molar-refractivity contribution in [3.05, 3.63) is 23.3 Å². The van der Waals surface area contributed by atoms with E-state index in [9.17, 15) is 0 Å². The molecule has 1 aromatic rings. The van der Waals surface area contributed by atoms with E-state index in [-0.39, 0.29) is 0 Å². The maximum atomic E-state index is 5.69. The largest absolute Gasteiger partial charge is 0.493 e. The van der Waals surface area contributed by atoms with E-state index >= 15 is 0 Å². The molecule has 0 bridgehead atoms. The van der Waals surface area contributed by atoms with Crippen LogP contribution in [0.2, 0.25) is 0 Å². The summed E-state index contributed by atoms with van der Waals surface area (Å²) >= 11 is 0. The summed E-state index contributed by atoms with van der Waals surface area (Å²) < 4.78 is 11.2. The Hall–Kier alpha value is -1.18. The maximum absolute atomic E-state index is 5.69. The van der Waals surface area contributed by atoms with Gasteiger partial charge in [0.1, 0.15) is 11.5 Å². The zero-order chi connectivity index (χ0) is 9.38. The molecule has 0 atom stereocenters. The van der Waals surface area contributed by atoms with Gasteiger partial charge in [-0.15, -0.1) is 0 Å². The molecule has 1 aromatic carbocycles. The number of hydrogen-bond acceptors (Lipinski definition) is 2. The molecule has 3 rings (SSSR count). The molecule has 0 spiro atoms. The maximum Gasteiger partial charge on any atom is 0.126 e. The van der Waals surface area contributed by atoms with Crippen molar-refractivity contribution >= 4 is 0 Å². The summed E-state index contributed by atoms with van der Waals surface area (Å²) in [5.41, 5.74) is 2.72. The Morgan fingerprint density at radius 2 is 1.57 bits per heavy atom. The fraction of sp³-hybridized carbons (Fsp3) is 0.500. The van der Waals surface area contributed by atoms with E-state index in [4.69, 9.17) is 9.47 Å². The Morgan fingerprint density at radius 3 is 2.50 bits per heavy atom. The first-order chi connectivity index (χ1) is 6.93. The fourth-order valence-corrected chi connectivity index (χ4v) is 2.19. The second-order valence-electron chi connectivity index (χ2n) is 3.97. The van der Waals surface area contributed by atoms with Gasteiger partial charge in [0.15, 0.2) is 0 Å². The molecule has 0 radical (unpaired) electrons. The van der Waals surface area contributed by atoms with Crippen LogP contribution in [0.4, 0.5) is 0 Å². The molecule has 0 saturated heterocycles. The van der Waals surface area contributed by atoms with Crippen LogP contribution in [0.25, 0.3) is 0 Å². The van der Waals surface area contributed by atoms with Crippen LogP contribution in [0.3, 0.4) is 0 Å². The highest BCUT2D eigenvalue weighted by Crippen LogP contribution is 2.34. The Morgan fingerprint density at radius 1 is 0.786 bits per heavy atom. The van der Waals surface area contributed by atoms with Crippen molar-refractivity contribution in [1.82, 2.24) is 0 Å². The summed E-state index contributed by atoms with van der Waals surface area (Å²) in [5, 5.41) is 0. The van der Waals surface area contributed by atoms with Crippen molar-refractivity contribution < 1.29 is 9.47 Å². The van der Waals surface area contributed by atoms with Crippen LogP contribution in [-0.4, -0.2) is 13.2 Å². The number of rotatable bonds is 0. The van der Waals surface area contributed by atoms with Gasteiger partial charge in [0.05, 0.1) is 13.2 Å². The average Bonchev–Trinajstić information content (AvgIpc) is 2.51. The van der Waals surface area contributed by atoms with Crippen molar-refractivity contribution in [3.63, 3.8) is 0 Å². The molecule has 0 aliphatic carbocycles. The first-order valence-electron chi connectivity index (χ1n) is 5.35. The van der Waals surface area contributed by atoms with E-state index in [0.717, 1.165) is 37.6 Å². The first kappa shape index (κ1) is 8.16. The number of aryl methyl sites for hydroxylation is 1. The summed E-state index contributed by atoms with van der Waals surface area (Å²) in [6.07, 6.45) is 4.62. The number of fused-ring (bicyclic) bond motifs is 2. The highest BCUT2D eigenvalue weighted by molar-refractivity contribution is 5.48. The zero-order valence-corrected chi connectivity index (χ0v) is 8.21.